The lowest BCUT2D eigenvalue weighted by molar-refractivity contribution is 0.500. The topological polar surface area (TPSA) is 0 Å². The number of benzene rings is 4. The minimum absolute atomic E-state index is 0.0190. The van der Waals surface area contributed by atoms with Crippen LogP contribution in [0.15, 0.2) is 53.0 Å². The van der Waals surface area contributed by atoms with Crippen LogP contribution in [0, 0.1) is 23.3 Å². The van der Waals surface area contributed by atoms with E-state index >= 15 is 0 Å². The number of hydrogen-bond donors (Lipinski definition) is 0. The highest BCUT2D eigenvalue weighted by atomic mass is 79.9. The van der Waals surface area contributed by atoms with Gasteiger partial charge in [-0.15, -0.1) is 0 Å². The first-order valence-corrected chi connectivity index (χ1v) is 9.68. The molecule has 0 saturated heterocycles. The number of rotatable bonds is 3. The molecule has 0 saturated carbocycles. The Morgan fingerprint density at radius 1 is 0.750 bits per heavy atom. The van der Waals surface area contributed by atoms with Gasteiger partial charge in [-0.25, -0.2) is 17.6 Å². The average Bonchev–Trinajstić information content (AvgIpc) is 2.65. The van der Waals surface area contributed by atoms with Gasteiger partial charge < -0.3 is 0 Å². The van der Waals surface area contributed by atoms with Crippen molar-refractivity contribution in [3.8, 4) is 11.1 Å². The lowest BCUT2D eigenvalue weighted by atomic mass is 9.95. The zero-order chi connectivity index (χ0) is 20.0. The Hall–Kier alpha value is -2.40. The maximum Gasteiger partial charge on any atom is 0.166 e. The van der Waals surface area contributed by atoms with E-state index in [1.807, 2.05) is 6.92 Å². The van der Waals surface area contributed by atoms with Crippen LogP contribution < -0.4 is 0 Å². The molecule has 0 aliphatic heterocycles. The van der Waals surface area contributed by atoms with E-state index in [4.69, 9.17) is 0 Å². The van der Waals surface area contributed by atoms with E-state index in [0.29, 0.717) is 33.7 Å². The molecule has 0 bridgehead atoms. The van der Waals surface area contributed by atoms with Crippen molar-refractivity contribution in [1.29, 1.82) is 0 Å². The van der Waals surface area contributed by atoms with Gasteiger partial charge in [-0.2, -0.15) is 0 Å². The Labute approximate surface area is 167 Å². The number of hydrogen-bond acceptors (Lipinski definition) is 0. The SMILES string of the molecule is CCCc1ccc(-c2cc(F)c3c(ccc4cc(Br)cc(F)c43)c2)c(F)c1F. The molecular weight excluding hydrogens is 432 g/mol. The Morgan fingerprint density at radius 2 is 1.39 bits per heavy atom. The molecule has 28 heavy (non-hydrogen) atoms. The molecule has 0 spiro atoms. The van der Waals surface area contributed by atoms with Crippen molar-refractivity contribution in [2.45, 2.75) is 19.8 Å². The normalized spacial score (nSPS) is 11.5. The van der Waals surface area contributed by atoms with E-state index in [1.165, 1.54) is 18.2 Å². The molecule has 0 unspecified atom stereocenters. The van der Waals surface area contributed by atoms with E-state index in [2.05, 4.69) is 15.9 Å². The summed E-state index contributed by atoms with van der Waals surface area (Å²) in [7, 11) is 0. The van der Waals surface area contributed by atoms with Crippen LogP contribution in [0.5, 0.6) is 0 Å². The van der Waals surface area contributed by atoms with Gasteiger partial charge in [0, 0.05) is 20.8 Å². The Morgan fingerprint density at radius 3 is 2.07 bits per heavy atom. The fourth-order valence-corrected chi connectivity index (χ4v) is 4.07. The first kappa shape index (κ1) is 18.9. The van der Waals surface area contributed by atoms with Crippen molar-refractivity contribution in [2.75, 3.05) is 0 Å². The predicted octanol–water partition coefficient (Wildman–Crippen LogP) is 7.93. The third-order valence-corrected chi connectivity index (χ3v) is 5.35. The van der Waals surface area contributed by atoms with Gasteiger partial charge in [0.2, 0.25) is 0 Å². The van der Waals surface area contributed by atoms with Crippen molar-refractivity contribution in [3.05, 3.63) is 81.8 Å². The molecule has 4 aromatic carbocycles. The van der Waals surface area contributed by atoms with Crippen molar-refractivity contribution in [1.82, 2.24) is 0 Å². The lowest BCUT2D eigenvalue weighted by Crippen LogP contribution is -1.97. The van der Waals surface area contributed by atoms with Gasteiger partial charge in [0.1, 0.15) is 11.6 Å². The summed E-state index contributed by atoms with van der Waals surface area (Å²) in [5.41, 5.74) is 0.486. The molecule has 0 aromatic heterocycles. The molecule has 0 amide bonds. The van der Waals surface area contributed by atoms with Gasteiger partial charge >= 0.3 is 0 Å². The molecule has 0 nitrogen and oxygen atoms in total. The molecule has 142 valence electrons. The second kappa shape index (κ2) is 7.21. The highest BCUT2D eigenvalue weighted by Gasteiger charge is 2.17. The molecule has 0 radical (unpaired) electrons. The second-order valence-electron chi connectivity index (χ2n) is 6.76. The van der Waals surface area contributed by atoms with Crippen molar-refractivity contribution >= 4 is 37.5 Å². The summed E-state index contributed by atoms with van der Waals surface area (Å²) in [5, 5.41) is 1.25. The van der Waals surface area contributed by atoms with Gasteiger partial charge in [0.25, 0.3) is 0 Å². The maximum atomic E-state index is 15.0. The fourth-order valence-electron chi connectivity index (χ4n) is 3.62. The lowest BCUT2D eigenvalue weighted by Gasteiger charge is -2.12. The molecular formula is C23H15BrF4. The molecule has 0 aliphatic rings. The first-order valence-electron chi connectivity index (χ1n) is 8.89. The van der Waals surface area contributed by atoms with Crippen LogP contribution in [0.2, 0.25) is 0 Å². The molecule has 4 aromatic rings. The van der Waals surface area contributed by atoms with Crippen LogP contribution in [0.1, 0.15) is 18.9 Å². The molecule has 4 rings (SSSR count). The predicted molar refractivity (Wildman–Crippen MR) is 108 cm³/mol. The maximum absolute atomic E-state index is 15.0. The number of aryl methyl sites for hydroxylation is 1. The Bertz CT molecular complexity index is 1230. The summed E-state index contributed by atoms with van der Waals surface area (Å²) in [4.78, 5) is 0. The smallest absolute Gasteiger partial charge is 0.166 e. The highest BCUT2D eigenvalue weighted by Crippen LogP contribution is 2.36. The fraction of sp³-hybridized carbons (Fsp3) is 0.130. The standard InChI is InChI=1S/C23H15BrF4/c1-2-3-12-6-7-17(23(28)22(12)27)15-8-13-4-5-14-9-16(24)11-19(26)21(14)20(13)18(25)10-15/h4-11H,2-3H2,1H3. The molecule has 0 N–H and O–H groups in total. The summed E-state index contributed by atoms with van der Waals surface area (Å²) in [6.45, 7) is 1.88. The summed E-state index contributed by atoms with van der Waals surface area (Å²) >= 11 is 3.23. The van der Waals surface area contributed by atoms with Crippen LogP contribution in [0.25, 0.3) is 32.7 Å². The summed E-state index contributed by atoms with van der Waals surface area (Å²) < 4.78 is 59.0. The van der Waals surface area contributed by atoms with Gasteiger partial charge in [-0.1, -0.05) is 53.5 Å². The van der Waals surface area contributed by atoms with Crippen LogP contribution in [0.4, 0.5) is 17.6 Å². The molecule has 0 aliphatic carbocycles. The quantitative estimate of drug-likeness (QED) is 0.221. The second-order valence-corrected chi connectivity index (χ2v) is 7.67. The van der Waals surface area contributed by atoms with Crippen molar-refractivity contribution < 1.29 is 17.6 Å². The number of halogens is 5. The molecule has 5 heteroatoms. The Kier molecular flexibility index (Phi) is 4.88. The van der Waals surface area contributed by atoms with Gasteiger partial charge in [0.15, 0.2) is 11.6 Å². The third-order valence-electron chi connectivity index (χ3n) is 4.89. The Balaban J connectivity index is 1.96. The zero-order valence-corrected chi connectivity index (χ0v) is 16.5. The van der Waals surface area contributed by atoms with E-state index in [0.717, 1.165) is 6.07 Å². The average molecular weight is 447 g/mol. The number of fused-ring (bicyclic) bond motifs is 3. The van der Waals surface area contributed by atoms with Crippen LogP contribution in [-0.2, 0) is 6.42 Å². The van der Waals surface area contributed by atoms with Crippen molar-refractivity contribution in [3.63, 3.8) is 0 Å². The summed E-state index contributed by atoms with van der Waals surface area (Å²) in [6, 6.07) is 12.0. The highest BCUT2D eigenvalue weighted by molar-refractivity contribution is 9.10. The van der Waals surface area contributed by atoms with Crippen LogP contribution in [-0.4, -0.2) is 0 Å². The zero-order valence-electron chi connectivity index (χ0n) is 14.9. The van der Waals surface area contributed by atoms with E-state index < -0.39 is 23.3 Å². The van der Waals surface area contributed by atoms with Gasteiger partial charge in [-0.3, -0.25) is 0 Å². The molecule has 0 fully saturated rings. The summed E-state index contributed by atoms with van der Waals surface area (Å²) in [5.74, 6) is -3.14. The van der Waals surface area contributed by atoms with Crippen molar-refractivity contribution in [2.24, 2.45) is 0 Å². The van der Waals surface area contributed by atoms with E-state index in [9.17, 15) is 17.6 Å². The van der Waals surface area contributed by atoms with Gasteiger partial charge in [0.05, 0.1) is 0 Å². The molecule has 0 atom stereocenters. The van der Waals surface area contributed by atoms with E-state index in [1.54, 1.807) is 24.3 Å². The molecule has 0 heterocycles. The van der Waals surface area contributed by atoms with Gasteiger partial charge in [-0.05, 0) is 52.6 Å². The first-order chi connectivity index (χ1) is 13.4. The minimum atomic E-state index is -0.999. The van der Waals surface area contributed by atoms with E-state index in [-0.39, 0.29) is 21.9 Å². The van der Waals surface area contributed by atoms with Crippen LogP contribution in [0.3, 0.4) is 0 Å². The minimum Gasteiger partial charge on any atom is -0.206 e. The van der Waals surface area contributed by atoms with Crippen LogP contribution >= 0.6 is 15.9 Å². The third kappa shape index (κ3) is 3.08. The monoisotopic (exact) mass is 446 g/mol. The summed E-state index contributed by atoms with van der Waals surface area (Å²) in [6.07, 6.45) is 1.12. The largest absolute Gasteiger partial charge is 0.206 e.